The highest BCUT2D eigenvalue weighted by Crippen LogP contribution is 2.36. The summed E-state index contributed by atoms with van der Waals surface area (Å²) in [4.78, 5) is 10.6. The van der Waals surface area contributed by atoms with Gasteiger partial charge in [-0.25, -0.2) is 0 Å². The first-order valence-corrected chi connectivity index (χ1v) is 7.78. The van der Waals surface area contributed by atoms with Crippen molar-refractivity contribution in [2.24, 2.45) is 0 Å². The maximum atomic E-state index is 11.0. The summed E-state index contributed by atoms with van der Waals surface area (Å²) >= 11 is 0. The van der Waals surface area contributed by atoms with Crippen molar-refractivity contribution in [3.63, 3.8) is 0 Å². The zero-order valence-corrected chi connectivity index (χ0v) is 11.7. The molecule has 0 aromatic heterocycles. The Morgan fingerprint density at radius 3 is 2.61 bits per heavy atom. The molecule has 5 heteroatoms. The van der Waals surface area contributed by atoms with Crippen LogP contribution in [-0.4, -0.2) is 23.6 Å². The van der Waals surface area contributed by atoms with E-state index in [2.05, 4.69) is 20.4 Å². The van der Waals surface area contributed by atoms with Crippen molar-refractivity contribution in [3.05, 3.63) is 40.5 Å². The van der Waals surface area contributed by atoms with E-state index < -0.39 is 4.92 Å². The molecule has 0 bridgehead atoms. The highest BCUT2D eigenvalue weighted by molar-refractivity contribution is 7.57. The molecule has 4 nitrogen and oxygen atoms in total. The van der Waals surface area contributed by atoms with Gasteiger partial charge in [-0.2, -0.15) is 0 Å². The van der Waals surface area contributed by atoms with Crippen molar-refractivity contribution in [1.82, 2.24) is 0 Å². The van der Waals surface area contributed by atoms with Crippen LogP contribution in [0.4, 0.5) is 5.69 Å². The first kappa shape index (κ1) is 14.7. The van der Waals surface area contributed by atoms with Crippen LogP contribution in [0.2, 0.25) is 0 Å². The van der Waals surface area contributed by atoms with E-state index in [9.17, 15) is 10.1 Å². The minimum Gasteiger partial charge on any atom is -0.482 e. The molecule has 1 aromatic rings. The van der Waals surface area contributed by atoms with Gasteiger partial charge in [0.1, 0.15) is 6.35 Å². The molecule has 0 amide bonds. The van der Waals surface area contributed by atoms with Gasteiger partial charge in [0.15, 0.2) is 5.75 Å². The van der Waals surface area contributed by atoms with Gasteiger partial charge in [0.05, 0.1) is 4.92 Å². The van der Waals surface area contributed by atoms with Gasteiger partial charge < -0.3 is 4.74 Å². The van der Waals surface area contributed by atoms with E-state index in [0.717, 1.165) is 17.9 Å². The van der Waals surface area contributed by atoms with Crippen LogP contribution < -0.4 is 4.74 Å². The largest absolute Gasteiger partial charge is 0.482 e. The predicted octanol–water partition coefficient (Wildman–Crippen LogP) is 4.10. The molecule has 0 aliphatic rings. The Hall–Kier alpha value is -1.41. The molecule has 0 saturated heterocycles. The lowest BCUT2D eigenvalue weighted by atomic mass is 10.2. The molecule has 0 unspecified atom stereocenters. The number of ether oxygens (including phenoxy) is 1. The van der Waals surface area contributed by atoms with E-state index in [1.54, 1.807) is 18.2 Å². The first-order chi connectivity index (χ1) is 8.62. The minimum absolute atomic E-state index is 0.00885. The summed E-state index contributed by atoms with van der Waals surface area (Å²) in [6.45, 7) is 7.84. The number of nitro groups is 1. The standard InChI is InChI=1S/C13H18NO3P/c1-4-11-7-8-13(12(9-11)14(15)16)17-10-18(5-2)6-3/h4,7-9H,1,5-6,10H2,2-3H3. The maximum Gasteiger partial charge on any atom is 0.311 e. The Morgan fingerprint density at radius 1 is 1.44 bits per heavy atom. The molecule has 0 atom stereocenters. The molecule has 0 N–H and O–H groups in total. The molecule has 18 heavy (non-hydrogen) atoms. The van der Waals surface area contributed by atoms with Crippen LogP contribution in [0.3, 0.4) is 0 Å². The quantitative estimate of drug-likeness (QED) is 0.424. The zero-order valence-electron chi connectivity index (χ0n) is 10.8. The van der Waals surface area contributed by atoms with Crippen LogP contribution in [0.15, 0.2) is 24.8 Å². The summed E-state index contributed by atoms with van der Waals surface area (Å²) in [5, 5.41) is 11.0. The Balaban J connectivity index is 2.87. The third-order valence-electron chi connectivity index (χ3n) is 2.71. The first-order valence-electron chi connectivity index (χ1n) is 5.88. The van der Waals surface area contributed by atoms with E-state index in [0.29, 0.717) is 12.1 Å². The van der Waals surface area contributed by atoms with E-state index >= 15 is 0 Å². The highest BCUT2D eigenvalue weighted by atomic mass is 31.1. The summed E-state index contributed by atoms with van der Waals surface area (Å²) in [6, 6.07) is 4.91. The molecule has 0 aliphatic heterocycles. The molecular formula is C13H18NO3P. The minimum atomic E-state index is -0.414. The van der Waals surface area contributed by atoms with E-state index in [1.165, 1.54) is 6.07 Å². The van der Waals surface area contributed by atoms with Gasteiger partial charge in [0.25, 0.3) is 0 Å². The van der Waals surface area contributed by atoms with E-state index in [1.807, 2.05) is 0 Å². The van der Waals surface area contributed by atoms with Crippen LogP contribution in [0, 0.1) is 10.1 Å². The molecule has 0 saturated carbocycles. The van der Waals surface area contributed by atoms with Crippen molar-refractivity contribution >= 4 is 19.7 Å². The van der Waals surface area contributed by atoms with Crippen molar-refractivity contribution in [2.45, 2.75) is 13.8 Å². The van der Waals surface area contributed by atoms with Crippen molar-refractivity contribution in [2.75, 3.05) is 18.7 Å². The Bertz CT molecular complexity index is 430. The maximum absolute atomic E-state index is 11.0. The van der Waals surface area contributed by atoms with Crippen molar-refractivity contribution in [3.8, 4) is 5.75 Å². The third-order valence-corrected chi connectivity index (χ3v) is 5.00. The molecule has 0 spiro atoms. The lowest BCUT2D eigenvalue weighted by Gasteiger charge is -2.14. The fraction of sp³-hybridized carbons (Fsp3) is 0.385. The molecule has 0 aliphatic carbocycles. The van der Waals surface area contributed by atoms with Gasteiger partial charge in [-0.05, 0) is 24.0 Å². The van der Waals surface area contributed by atoms with Crippen LogP contribution in [0.5, 0.6) is 5.75 Å². The van der Waals surface area contributed by atoms with Crippen molar-refractivity contribution < 1.29 is 9.66 Å². The summed E-state index contributed by atoms with van der Waals surface area (Å²) in [5.74, 6) is 0.347. The van der Waals surface area contributed by atoms with Gasteiger partial charge in [-0.3, -0.25) is 10.1 Å². The Kier molecular flexibility index (Phi) is 5.79. The highest BCUT2D eigenvalue weighted by Gasteiger charge is 2.16. The molecule has 0 fully saturated rings. The zero-order chi connectivity index (χ0) is 13.5. The van der Waals surface area contributed by atoms with Gasteiger partial charge >= 0.3 is 5.69 Å². The average molecular weight is 267 g/mol. The lowest BCUT2D eigenvalue weighted by Crippen LogP contribution is -2.01. The Labute approximate surface area is 109 Å². The molecule has 98 valence electrons. The van der Waals surface area contributed by atoms with Gasteiger partial charge in [0, 0.05) is 6.07 Å². The predicted molar refractivity (Wildman–Crippen MR) is 76.7 cm³/mol. The monoisotopic (exact) mass is 267 g/mol. The summed E-state index contributed by atoms with van der Waals surface area (Å²) in [7, 11) is -0.188. The smallest absolute Gasteiger partial charge is 0.311 e. The number of nitro benzene ring substituents is 1. The van der Waals surface area contributed by atoms with Gasteiger partial charge in [-0.1, -0.05) is 40.5 Å². The number of nitrogens with zero attached hydrogens (tertiary/aromatic N) is 1. The molecule has 0 radical (unpaired) electrons. The van der Waals surface area contributed by atoms with E-state index in [4.69, 9.17) is 4.74 Å². The van der Waals surface area contributed by atoms with E-state index in [-0.39, 0.29) is 13.6 Å². The van der Waals surface area contributed by atoms with Crippen molar-refractivity contribution in [1.29, 1.82) is 0 Å². The lowest BCUT2D eigenvalue weighted by molar-refractivity contribution is -0.385. The SMILES string of the molecule is C=Cc1ccc(OCP(CC)CC)c([N+](=O)[O-])c1. The number of rotatable bonds is 7. The topological polar surface area (TPSA) is 52.4 Å². The number of hydrogen-bond acceptors (Lipinski definition) is 3. The van der Waals surface area contributed by atoms with Crippen LogP contribution in [0.25, 0.3) is 6.08 Å². The van der Waals surface area contributed by atoms with Gasteiger partial charge in [0.2, 0.25) is 0 Å². The van der Waals surface area contributed by atoms with Crippen LogP contribution in [-0.2, 0) is 0 Å². The normalized spacial score (nSPS) is 10.4. The van der Waals surface area contributed by atoms with Gasteiger partial charge in [-0.15, -0.1) is 0 Å². The van der Waals surface area contributed by atoms with Crippen LogP contribution in [0.1, 0.15) is 19.4 Å². The van der Waals surface area contributed by atoms with Crippen LogP contribution >= 0.6 is 7.92 Å². The second kappa shape index (κ2) is 7.12. The molecule has 1 rings (SSSR count). The Morgan fingerprint density at radius 2 is 2.11 bits per heavy atom. The second-order valence-electron chi connectivity index (χ2n) is 3.77. The fourth-order valence-electron chi connectivity index (χ4n) is 1.49. The molecule has 0 heterocycles. The second-order valence-corrected chi connectivity index (χ2v) is 6.63. The molecular weight excluding hydrogens is 249 g/mol. The number of hydrogen-bond donors (Lipinski definition) is 0. The summed E-state index contributed by atoms with van der Waals surface area (Å²) in [5.41, 5.74) is 0.733. The fourth-order valence-corrected chi connectivity index (χ4v) is 2.63. The average Bonchev–Trinajstić information content (AvgIpc) is 2.39. The third kappa shape index (κ3) is 3.81. The number of benzene rings is 1. The summed E-state index contributed by atoms with van der Waals surface area (Å²) < 4.78 is 5.59. The molecule has 1 aromatic carbocycles. The summed E-state index contributed by atoms with van der Waals surface area (Å²) in [6.07, 6.45) is 4.31.